The fourth-order valence-electron chi connectivity index (χ4n) is 2.49. The molecule has 22 heavy (non-hydrogen) atoms. The Bertz CT molecular complexity index is 432. The summed E-state index contributed by atoms with van der Waals surface area (Å²) < 4.78 is 0. The lowest BCUT2D eigenvalue weighted by molar-refractivity contribution is 0.509. The van der Waals surface area contributed by atoms with Crippen LogP contribution in [0.3, 0.4) is 0 Å². The van der Waals surface area contributed by atoms with Crippen LogP contribution in [0.5, 0.6) is 0 Å². The van der Waals surface area contributed by atoms with Crippen LogP contribution in [0.25, 0.3) is 0 Å². The van der Waals surface area contributed by atoms with Crippen molar-refractivity contribution in [3.63, 3.8) is 0 Å². The molecule has 0 bridgehead atoms. The monoisotopic (exact) mass is 302 g/mol. The van der Waals surface area contributed by atoms with Gasteiger partial charge >= 0.3 is 0 Å². The second-order valence-electron chi connectivity index (χ2n) is 5.76. The molecule has 0 saturated heterocycles. The molecular formula is C22H38. The zero-order chi connectivity index (χ0) is 16.3. The molecule has 0 N–H and O–H groups in total. The number of hydrogen-bond acceptors (Lipinski definition) is 0. The van der Waals surface area contributed by atoms with Gasteiger partial charge in [-0.2, -0.15) is 0 Å². The van der Waals surface area contributed by atoms with Gasteiger partial charge in [0.2, 0.25) is 0 Å². The summed E-state index contributed by atoms with van der Waals surface area (Å²) in [4.78, 5) is 0. The molecule has 1 aliphatic carbocycles. The van der Waals surface area contributed by atoms with E-state index in [4.69, 9.17) is 0 Å². The highest BCUT2D eigenvalue weighted by atomic mass is 14.3. The van der Waals surface area contributed by atoms with Crippen LogP contribution in [0.1, 0.15) is 80.7 Å². The zero-order valence-electron chi connectivity index (χ0n) is 15.2. The van der Waals surface area contributed by atoms with E-state index in [1.165, 1.54) is 30.4 Å². The molecule has 2 rings (SSSR count). The Balaban J connectivity index is 0. The molecule has 0 fully saturated rings. The minimum absolute atomic E-state index is 0. The van der Waals surface area contributed by atoms with Gasteiger partial charge < -0.3 is 0 Å². The molecule has 1 aromatic carbocycles. The van der Waals surface area contributed by atoms with Gasteiger partial charge in [0, 0.05) is 0 Å². The van der Waals surface area contributed by atoms with Gasteiger partial charge in [-0.1, -0.05) is 103 Å². The van der Waals surface area contributed by atoms with Gasteiger partial charge in [0.1, 0.15) is 0 Å². The van der Waals surface area contributed by atoms with E-state index in [0.717, 1.165) is 0 Å². The van der Waals surface area contributed by atoms with Crippen LogP contribution in [0, 0.1) is 0 Å². The van der Waals surface area contributed by atoms with Gasteiger partial charge in [-0.25, -0.2) is 0 Å². The van der Waals surface area contributed by atoms with Gasteiger partial charge in [-0.15, -0.1) is 0 Å². The normalized spacial score (nSPS) is 13.2. The summed E-state index contributed by atoms with van der Waals surface area (Å²) >= 11 is 0. The lowest BCUT2D eigenvalue weighted by Gasteiger charge is -2.27. The molecule has 0 amide bonds. The molecule has 1 aliphatic rings. The van der Waals surface area contributed by atoms with Crippen molar-refractivity contribution in [1.29, 1.82) is 0 Å². The van der Waals surface area contributed by atoms with Crippen LogP contribution in [-0.2, 0) is 5.41 Å². The molecule has 0 heteroatoms. The summed E-state index contributed by atoms with van der Waals surface area (Å²) in [5.74, 6) is 0. The predicted molar refractivity (Wildman–Crippen MR) is 105 cm³/mol. The molecular weight excluding hydrogens is 264 g/mol. The van der Waals surface area contributed by atoms with Gasteiger partial charge in [-0.05, 0) is 37.2 Å². The Morgan fingerprint density at radius 2 is 1.41 bits per heavy atom. The first kappa shape index (κ1) is 23.0. The standard InChI is InChI=1S/C17H22.2C2H6.CH4/c1-14-9-11-15(12-10-14)13-17(2,3)16-7-5-4-6-8-16;2*1-2;/h4-9,11H,10,12-13H2,1-3H3;2*1-2H3;1H4. The summed E-state index contributed by atoms with van der Waals surface area (Å²) in [7, 11) is 0. The van der Waals surface area contributed by atoms with Gasteiger partial charge in [0.25, 0.3) is 0 Å². The molecule has 0 heterocycles. The maximum atomic E-state index is 2.34. The van der Waals surface area contributed by atoms with Crippen molar-refractivity contribution in [2.75, 3.05) is 0 Å². The summed E-state index contributed by atoms with van der Waals surface area (Å²) in [6.07, 6.45) is 8.24. The molecule has 0 spiro atoms. The minimum Gasteiger partial charge on any atom is -0.0776 e. The van der Waals surface area contributed by atoms with Crippen LogP contribution in [0.15, 0.2) is 53.6 Å². The third kappa shape index (κ3) is 7.64. The first-order valence-corrected chi connectivity index (χ1v) is 8.49. The van der Waals surface area contributed by atoms with Crippen molar-refractivity contribution < 1.29 is 0 Å². The summed E-state index contributed by atoms with van der Waals surface area (Å²) in [5.41, 5.74) is 4.77. The Morgan fingerprint density at radius 1 is 0.864 bits per heavy atom. The Hall–Kier alpha value is -1.30. The summed E-state index contributed by atoms with van der Waals surface area (Å²) in [6.45, 7) is 14.9. The highest BCUT2D eigenvalue weighted by molar-refractivity contribution is 5.29. The zero-order valence-corrected chi connectivity index (χ0v) is 15.2. The third-order valence-electron chi connectivity index (χ3n) is 3.67. The van der Waals surface area contributed by atoms with Crippen LogP contribution >= 0.6 is 0 Å². The second kappa shape index (κ2) is 12.3. The molecule has 0 unspecified atom stereocenters. The number of rotatable bonds is 3. The maximum absolute atomic E-state index is 2.34. The fraction of sp³-hybridized carbons (Fsp3) is 0.545. The molecule has 0 atom stereocenters. The van der Waals surface area contributed by atoms with E-state index in [1.807, 2.05) is 27.7 Å². The smallest absolute Gasteiger partial charge is 0.00663 e. The molecule has 0 nitrogen and oxygen atoms in total. The molecule has 0 aromatic heterocycles. The Kier molecular flexibility index (Phi) is 12.8. The van der Waals surface area contributed by atoms with Crippen LogP contribution in [0.4, 0.5) is 0 Å². The van der Waals surface area contributed by atoms with Gasteiger partial charge in [-0.3, -0.25) is 0 Å². The predicted octanol–water partition coefficient (Wildman–Crippen LogP) is 7.71. The summed E-state index contributed by atoms with van der Waals surface area (Å²) in [6, 6.07) is 10.8. The van der Waals surface area contributed by atoms with E-state index < -0.39 is 0 Å². The highest BCUT2D eigenvalue weighted by Gasteiger charge is 2.22. The number of allylic oxidation sites excluding steroid dienone is 4. The minimum atomic E-state index is 0. The first-order valence-electron chi connectivity index (χ1n) is 8.49. The summed E-state index contributed by atoms with van der Waals surface area (Å²) in [5, 5.41) is 0. The van der Waals surface area contributed by atoms with E-state index in [0.29, 0.717) is 0 Å². The molecule has 0 saturated carbocycles. The molecule has 126 valence electrons. The van der Waals surface area contributed by atoms with Crippen molar-refractivity contribution >= 4 is 0 Å². The van der Waals surface area contributed by atoms with Crippen molar-refractivity contribution in [2.24, 2.45) is 0 Å². The fourth-order valence-corrected chi connectivity index (χ4v) is 2.49. The van der Waals surface area contributed by atoms with Crippen LogP contribution in [0.2, 0.25) is 0 Å². The van der Waals surface area contributed by atoms with Crippen molar-refractivity contribution in [2.45, 2.75) is 80.6 Å². The highest BCUT2D eigenvalue weighted by Crippen LogP contribution is 2.33. The number of benzene rings is 1. The average molecular weight is 303 g/mol. The van der Waals surface area contributed by atoms with Crippen molar-refractivity contribution in [1.82, 2.24) is 0 Å². The molecule has 1 aromatic rings. The van der Waals surface area contributed by atoms with E-state index in [1.54, 1.807) is 5.57 Å². The Morgan fingerprint density at radius 3 is 1.86 bits per heavy atom. The quantitative estimate of drug-likeness (QED) is 0.536. The largest absolute Gasteiger partial charge is 0.0776 e. The van der Waals surface area contributed by atoms with Crippen LogP contribution in [-0.4, -0.2) is 0 Å². The van der Waals surface area contributed by atoms with Crippen molar-refractivity contribution in [3.8, 4) is 0 Å². The second-order valence-corrected chi connectivity index (χ2v) is 5.76. The lowest BCUT2D eigenvalue weighted by Crippen LogP contribution is -2.18. The van der Waals surface area contributed by atoms with E-state index >= 15 is 0 Å². The van der Waals surface area contributed by atoms with E-state index in [2.05, 4.69) is 63.3 Å². The average Bonchev–Trinajstić information content (AvgIpc) is 2.54. The first-order chi connectivity index (χ1) is 10.1. The van der Waals surface area contributed by atoms with Gasteiger partial charge in [0.05, 0.1) is 0 Å². The lowest BCUT2D eigenvalue weighted by atomic mass is 9.77. The maximum Gasteiger partial charge on any atom is -0.00663 e. The van der Waals surface area contributed by atoms with Gasteiger partial charge in [0.15, 0.2) is 0 Å². The molecule has 0 aliphatic heterocycles. The van der Waals surface area contributed by atoms with Crippen molar-refractivity contribution in [3.05, 3.63) is 59.2 Å². The number of hydrogen-bond donors (Lipinski definition) is 0. The van der Waals surface area contributed by atoms with E-state index in [9.17, 15) is 0 Å². The Labute approximate surface area is 140 Å². The third-order valence-corrected chi connectivity index (χ3v) is 3.67. The van der Waals surface area contributed by atoms with Crippen LogP contribution < -0.4 is 0 Å². The van der Waals surface area contributed by atoms with E-state index in [-0.39, 0.29) is 12.8 Å². The molecule has 0 radical (unpaired) electrons. The topological polar surface area (TPSA) is 0 Å². The SMILES string of the molecule is C.CC.CC.CC1=CC=C(CC(C)(C)c2ccccc2)CC1.